The number of benzene rings is 1. The lowest BCUT2D eigenvalue weighted by atomic mass is 10.3. The number of nitro groups is 1. The average molecular weight is 337 g/mol. The molecule has 23 heavy (non-hydrogen) atoms. The quantitative estimate of drug-likeness (QED) is 0.439. The van der Waals surface area contributed by atoms with Crippen molar-refractivity contribution in [1.29, 1.82) is 0 Å². The first-order valence-electron chi connectivity index (χ1n) is 6.65. The molecule has 0 aliphatic heterocycles. The van der Waals surface area contributed by atoms with Gasteiger partial charge in [-0.25, -0.2) is 23.1 Å². The highest BCUT2D eigenvalue weighted by Crippen LogP contribution is 2.16. The van der Waals surface area contributed by atoms with Crippen molar-refractivity contribution in [3.63, 3.8) is 0 Å². The van der Waals surface area contributed by atoms with Gasteiger partial charge in [0.25, 0.3) is 5.69 Å². The summed E-state index contributed by atoms with van der Waals surface area (Å²) in [6.07, 6.45) is 1.41. The fourth-order valence-corrected chi connectivity index (χ4v) is 2.85. The Morgan fingerprint density at radius 1 is 1.22 bits per heavy atom. The van der Waals surface area contributed by atoms with E-state index in [-0.39, 0.29) is 17.1 Å². The van der Waals surface area contributed by atoms with E-state index in [9.17, 15) is 18.5 Å². The Kier molecular flexibility index (Phi) is 5.19. The molecule has 0 fully saturated rings. The minimum Gasteiger partial charge on any atom is -0.369 e. The largest absolute Gasteiger partial charge is 0.369 e. The van der Waals surface area contributed by atoms with E-state index in [0.29, 0.717) is 12.4 Å². The Hall–Kier alpha value is -2.59. The summed E-state index contributed by atoms with van der Waals surface area (Å²) in [5.74, 6) is 0.590. The van der Waals surface area contributed by atoms with Crippen LogP contribution in [0.2, 0.25) is 0 Å². The van der Waals surface area contributed by atoms with Crippen molar-refractivity contribution in [2.75, 3.05) is 18.4 Å². The Labute approximate surface area is 133 Å². The summed E-state index contributed by atoms with van der Waals surface area (Å²) in [7, 11) is -3.81. The number of hydrogen-bond donors (Lipinski definition) is 2. The second-order valence-electron chi connectivity index (χ2n) is 4.62. The normalized spacial score (nSPS) is 11.2. The topological polar surface area (TPSA) is 127 Å². The number of nitrogens with one attached hydrogen (secondary N) is 2. The first-order valence-corrected chi connectivity index (χ1v) is 8.13. The zero-order valence-electron chi connectivity index (χ0n) is 12.3. The van der Waals surface area contributed by atoms with Gasteiger partial charge in [0.15, 0.2) is 0 Å². The molecule has 122 valence electrons. The molecule has 2 N–H and O–H groups in total. The average Bonchev–Trinajstić information content (AvgIpc) is 2.52. The fraction of sp³-hybridized carbons (Fsp3) is 0.231. The van der Waals surface area contributed by atoms with Crippen LogP contribution in [0.3, 0.4) is 0 Å². The number of hydrogen-bond acceptors (Lipinski definition) is 7. The summed E-state index contributed by atoms with van der Waals surface area (Å²) in [6, 6.07) is 6.61. The van der Waals surface area contributed by atoms with E-state index >= 15 is 0 Å². The molecule has 0 spiro atoms. The second-order valence-corrected chi connectivity index (χ2v) is 6.39. The predicted octanol–water partition coefficient (Wildman–Crippen LogP) is 1.08. The number of rotatable bonds is 7. The highest BCUT2D eigenvalue weighted by atomic mass is 32.2. The van der Waals surface area contributed by atoms with Gasteiger partial charge in [-0.3, -0.25) is 10.1 Å². The first-order chi connectivity index (χ1) is 10.9. The molecule has 1 aromatic carbocycles. The maximum absolute atomic E-state index is 12.1. The third-order valence-corrected chi connectivity index (χ3v) is 4.32. The van der Waals surface area contributed by atoms with Gasteiger partial charge in [-0.1, -0.05) is 6.07 Å². The van der Waals surface area contributed by atoms with Crippen molar-refractivity contribution in [2.45, 2.75) is 11.8 Å². The van der Waals surface area contributed by atoms with Gasteiger partial charge < -0.3 is 5.32 Å². The van der Waals surface area contributed by atoms with Crippen LogP contribution in [0.1, 0.15) is 5.69 Å². The number of nitrogens with zero attached hydrogens (tertiary/aromatic N) is 3. The van der Waals surface area contributed by atoms with Crippen LogP contribution >= 0.6 is 0 Å². The number of sulfonamides is 1. The lowest BCUT2D eigenvalue weighted by molar-refractivity contribution is -0.385. The molecular weight excluding hydrogens is 322 g/mol. The minimum absolute atomic E-state index is 0.105. The van der Waals surface area contributed by atoms with Crippen molar-refractivity contribution in [1.82, 2.24) is 14.7 Å². The Balaban J connectivity index is 1.94. The number of aryl methyl sites for hydroxylation is 1. The molecule has 0 saturated carbocycles. The third kappa shape index (κ3) is 4.69. The number of non-ortho nitro benzene ring substituents is 1. The van der Waals surface area contributed by atoms with E-state index < -0.39 is 14.9 Å². The van der Waals surface area contributed by atoms with Gasteiger partial charge >= 0.3 is 0 Å². The van der Waals surface area contributed by atoms with Gasteiger partial charge in [0.1, 0.15) is 12.1 Å². The van der Waals surface area contributed by atoms with E-state index in [0.717, 1.165) is 11.8 Å². The predicted molar refractivity (Wildman–Crippen MR) is 83.5 cm³/mol. The summed E-state index contributed by atoms with van der Waals surface area (Å²) >= 11 is 0. The number of aromatic nitrogens is 2. The molecule has 0 saturated heterocycles. The minimum atomic E-state index is -3.81. The van der Waals surface area contributed by atoms with Crippen LogP contribution in [0.15, 0.2) is 41.6 Å². The maximum Gasteiger partial charge on any atom is 0.270 e. The molecule has 0 atom stereocenters. The molecule has 0 unspecified atom stereocenters. The zero-order chi connectivity index (χ0) is 16.9. The molecule has 2 rings (SSSR count). The van der Waals surface area contributed by atoms with Crippen LogP contribution in [-0.2, 0) is 10.0 Å². The highest BCUT2D eigenvalue weighted by Gasteiger charge is 2.16. The van der Waals surface area contributed by atoms with E-state index in [1.807, 2.05) is 6.92 Å². The zero-order valence-corrected chi connectivity index (χ0v) is 13.1. The second kappa shape index (κ2) is 7.11. The summed E-state index contributed by atoms with van der Waals surface area (Å²) in [5, 5.41) is 13.6. The van der Waals surface area contributed by atoms with Gasteiger partial charge in [-0.2, -0.15) is 0 Å². The van der Waals surface area contributed by atoms with Crippen LogP contribution in [0.4, 0.5) is 11.5 Å². The standard InChI is InChI=1S/C13H15N5O4S/c1-10-7-13(16-9-15-10)14-5-6-17-23(21,22)12-4-2-3-11(8-12)18(19)20/h2-4,7-9,17H,5-6H2,1H3,(H,14,15,16). The van der Waals surface area contributed by atoms with Crippen LogP contribution in [0, 0.1) is 17.0 Å². The van der Waals surface area contributed by atoms with Crippen LogP contribution < -0.4 is 10.0 Å². The maximum atomic E-state index is 12.1. The van der Waals surface area contributed by atoms with Crippen molar-refractivity contribution < 1.29 is 13.3 Å². The fourth-order valence-electron chi connectivity index (χ4n) is 1.77. The summed E-state index contributed by atoms with van der Waals surface area (Å²) in [4.78, 5) is 17.8. The van der Waals surface area contributed by atoms with Crippen molar-refractivity contribution in [3.8, 4) is 0 Å². The first kappa shape index (κ1) is 16.8. The number of anilines is 1. The smallest absolute Gasteiger partial charge is 0.270 e. The molecule has 2 aromatic rings. The molecule has 10 heteroatoms. The molecule has 0 amide bonds. The highest BCUT2D eigenvalue weighted by molar-refractivity contribution is 7.89. The van der Waals surface area contributed by atoms with Crippen LogP contribution in [-0.4, -0.2) is 36.4 Å². The molecule has 1 aromatic heterocycles. The lowest BCUT2D eigenvalue weighted by Gasteiger charge is -2.08. The Morgan fingerprint density at radius 2 is 2.00 bits per heavy atom. The molecule has 1 heterocycles. The van der Waals surface area contributed by atoms with E-state index in [2.05, 4.69) is 20.0 Å². The monoisotopic (exact) mass is 337 g/mol. The summed E-state index contributed by atoms with van der Waals surface area (Å²) in [5.41, 5.74) is 0.516. The van der Waals surface area contributed by atoms with E-state index in [1.54, 1.807) is 6.07 Å². The van der Waals surface area contributed by atoms with Crippen LogP contribution in [0.25, 0.3) is 0 Å². The molecular formula is C13H15N5O4S. The van der Waals surface area contributed by atoms with Gasteiger partial charge in [0, 0.05) is 37.0 Å². The molecule has 0 bridgehead atoms. The molecule has 0 aliphatic carbocycles. The molecule has 0 aliphatic rings. The van der Waals surface area contributed by atoms with Gasteiger partial charge in [-0.05, 0) is 13.0 Å². The van der Waals surface area contributed by atoms with Crippen LogP contribution in [0.5, 0.6) is 0 Å². The Morgan fingerprint density at radius 3 is 2.70 bits per heavy atom. The summed E-state index contributed by atoms with van der Waals surface area (Å²) < 4.78 is 26.5. The molecule has 9 nitrogen and oxygen atoms in total. The molecule has 0 radical (unpaired) electrons. The van der Waals surface area contributed by atoms with Gasteiger partial charge in [0.2, 0.25) is 10.0 Å². The summed E-state index contributed by atoms with van der Waals surface area (Å²) in [6.45, 7) is 2.23. The number of nitro benzene ring substituents is 1. The van der Waals surface area contributed by atoms with Gasteiger partial charge in [0.05, 0.1) is 9.82 Å². The lowest BCUT2D eigenvalue weighted by Crippen LogP contribution is -2.29. The SMILES string of the molecule is Cc1cc(NCCNS(=O)(=O)c2cccc([N+](=O)[O-])c2)ncn1. The van der Waals surface area contributed by atoms with E-state index in [4.69, 9.17) is 0 Å². The van der Waals surface area contributed by atoms with Crippen molar-refractivity contribution >= 4 is 21.5 Å². The van der Waals surface area contributed by atoms with Gasteiger partial charge in [-0.15, -0.1) is 0 Å². The van der Waals surface area contributed by atoms with Crippen molar-refractivity contribution in [2.24, 2.45) is 0 Å². The third-order valence-electron chi connectivity index (χ3n) is 2.87. The van der Waals surface area contributed by atoms with E-state index in [1.165, 1.54) is 24.5 Å². The van der Waals surface area contributed by atoms with Crippen molar-refractivity contribution in [3.05, 3.63) is 52.5 Å². The Bertz CT molecular complexity index is 810.